The van der Waals surface area contributed by atoms with Crippen LogP contribution in [0, 0.1) is 5.92 Å². The molecule has 37 heavy (non-hydrogen) atoms. The average Bonchev–Trinajstić information content (AvgIpc) is 3.60. The number of ketones is 1. The summed E-state index contributed by atoms with van der Waals surface area (Å²) in [5, 5.41) is 22.7. The Labute approximate surface area is 220 Å². The third kappa shape index (κ3) is 4.61. The van der Waals surface area contributed by atoms with Crippen LogP contribution in [-0.4, -0.2) is 39.5 Å². The fourth-order valence-electron chi connectivity index (χ4n) is 4.05. The van der Waals surface area contributed by atoms with Crippen molar-refractivity contribution in [2.24, 2.45) is 5.92 Å². The summed E-state index contributed by atoms with van der Waals surface area (Å²) in [5.74, 6) is -2.17. The first-order valence-electron chi connectivity index (χ1n) is 11.5. The minimum absolute atomic E-state index is 0.0426. The number of aliphatic hydroxyl groups is 1. The van der Waals surface area contributed by atoms with Gasteiger partial charge in [-0.25, -0.2) is 9.78 Å². The van der Waals surface area contributed by atoms with Crippen molar-refractivity contribution in [3.63, 3.8) is 0 Å². The van der Waals surface area contributed by atoms with Crippen molar-refractivity contribution in [3.8, 4) is 5.75 Å². The van der Waals surface area contributed by atoms with Gasteiger partial charge in [-0.2, -0.15) is 0 Å². The number of hydrogen-bond donors (Lipinski definition) is 2. The molecule has 1 aliphatic heterocycles. The first kappa shape index (κ1) is 24.7. The number of carboxylic acid groups (broad SMARTS) is 1. The molecule has 1 atom stereocenters. The van der Waals surface area contributed by atoms with E-state index in [0.717, 1.165) is 11.3 Å². The first-order chi connectivity index (χ1) is 17.7. The van der Waals surface area contributed by atoms with Crippen molar-refractivity contribution in [3.05, 3.63) is 81.6 Å². The van der Waals surface area contributed by atoms with Crippen LogP contribution in [0.5, 0.6) is 5.75 Å². The number of nitrogens with zero attached hydrogens (tertiary/aromatic N) is 2. The second kappa shape index (κ2) is 9.79. The summed E-state index contributed by atoms with van der Waals surface area (Å²) in [6.45, 7) is 4.54. The van der Waals surface area contributed by atoms with E-state index in [2.05, 4.69) is 4.98 Å². The quantitative estimate of drug-likeness (QED) is 0.177. The predicted molar refractivity (Wildman–Crippen MR) is 142 cm³/mol. The minimum Gasteiger partial charge on any atom is -0.507 e. The largest absolute Gasteiger partial charge is 0.507 e. The third-order valence-corrected chi connectivity index (χ3v) is 7.72. The SMILES string of the molecule is CC(C)COc1cccc(/C(O)=C2\C(=O)C(=O)N(c3nc4ccc(C(=O)O)cc4s3)C2c2cccs2)c1. The van der Waals surface area contributed by atoms with Crippen molar-refractivity contribution in [2.75, 3.05) is 11.5 Å². The molecule has 4 aromatic rings. The summed E-state index contributed by atoms with van der Waals surface area (Å²) < 4.78 is 6.34. The van der Waals surface area contributed by atoms with Crippen LogP contribution in [-0.2, 0) is 9.59 Å². The number of anilines is 1. The zero-order valence-corrected chi connectivity index (χ0v) is 21.5. The maximum absolute atomic E-state index is 13.3. The number of aromatic carboxylic acids is 1. The molecule has 188 valence electrons. The van der Waals surface area contributed by atoms with Crippen LogP contribution in [0.2, 0.25) is 0 Å². The van der Waals surface area contributed by atoms with E-state index < -0.39 is 23.7 Å². The molecule has 0 aliphatic carbocycles. The number of thiophene rings is 1. The highest BCUT2D eigenvalue weighted by molar-refractivity contribution is 7.22. The monoisotopic (exact) mass is 534 g/mol. The van der Waals surface area contributed by atoms with Gasteiger partial charge in [0.25, 0.3) is 5.78 Å². The molecule has 2 aromatic heterocycles. The Morgan fingerprint density at radius 3 is 2.59 bits per heavy atom. The number of carboxylic acids is 1. The number of rotatable bonds is 7. The van der Waals surface area contributed by atoms with Crippen molar-refractivity contribution in [2.45, 2.75) is 19.9 Å². The molecule has 3 heterocycles. The lowest BCUT2D eigenvalue weighted by molar-refractivity contribution is -0.132. The van der Waals surface area contributed by atoms with Gasteiger partial charge in [0.15, 0.2) is 5.13 Å². The first-order valence-corrected chi connectivity index (χ1v) is 13.2. The second-order valence-electron chi connectivity index (χ2n) is 8.90. The maximum atomic E-state index is 13.3. The van der Waals surface area contributed by atoms with Crippen LogP contribution in [0.25, 0.3) is 16.0 Å². The molecule has 0 radical (unpaired) electrons. The number of carbonyl (C=O) groups excluding carboxylic acids is 2. The van der Waals surface area contributed by atoms with E-state index in [1.54, 1.807) is 42.5 Å². The highest BCUT2D eigenvalue weighted by Crippen LogP contribution is 2.45. The molecular formula is C27H22N2O6S2. The molecule has 0 saturated carbocycles. The average molecular weight is 535 g/mol. The van der Waals surface area contributed by atoms with E-state index >= 15 is 0 Å². The van der Waals surface area contributed by atoms with Crippen molar-refractivity contribution in [1.29, 1.82) is 0 Å². The van der Waals surface area contributed by atoms with E-state index in [9.17, 15) is 24.6 Å². The lowest BCUT2D eigenvalue weighted by Crippen LogP contribution is -2.28. The summed E-state index contributed by atoms with van der Waals surface area (Å²) in [6.07, 6.45) is 0. The number of thiazole rings is 1. The van der Waals surface area contributed by atoms with Gasteiger partial charge in [0.1, 0.15) is 17.6 Å². The van der Waals surface area contributed by atoms with Crippen molar-refractivity contribution < 1.29 is 29.3 Å². The van der Waals surface area contributed by atoms with Gasteiger partial charge in [-0.05, 0) is 47.7 Å². The Morgan fingerprint density at radius 2 is 1.89 bits per heavy atom. The molecule has 0 spiro atoms. The Kier molecular flexibility index (Phi) is 6.53. The Morgan fingerprint density at radius 1 is 1.08 bits per heavy atom. The van der Waals surface area contributed by atoms with Gasteiger partial charge in [-0.15, -0.1) is 11.3 Å². The predicted octanol–water partition coefficient (Wildman–Crippen LogP) is 5.72. The van der Waals surface area contributed by atoms with Gasteiger partial charge in [-0.1, -0.05) is 43.4 Å². The molecule has 1 fully saturated rings. The molecular weight excluding hydrogens is 512 g/mol. The number of Topliss-reactive ketones (excluding diaryl/α,β-unsaturated/α-hetero) is 1. The van der Waals surface area contributed by atoms with Gasteiger partial charge < -0.3 is 14.9 Å². The molecule has 1 unspecified atom stereocenters. The van der Waals surface area contributed by atoms with Gasteiger partial charge in [0.2, 0.25) is 0 Å². The summed E-state index contributed by atoms with van der Waals surface area (Å²) in [5.41, 5.74) is 0.918. The number of aliphatic hydroxyl groups excluding tert-OH is 1. The Bertz CT molecular complexity index is 1550. The van der Waals surface area contributed by atoms with Crippen LogP contribution in [0.1, 0.15) is 40.7 Å². The molecule has 8 nitrogen and oxygen atoms in total. The zero-order chi connectivity index (χ0) is 26.3. The second-order valence-corrected chi connectivity index (χ2v) is 10.9. The Hall–Kier alpha value is -4.02. The fourth-order valence-corrected chi connectivity index (χ4v) is 5.90. The molecule has 1 amide bonds. The fraction of sp³-hybridized carbons (Fsp3) is 0.185. The topological polar surface area (TPSA) is 117 Å². The third-order valence-electron chi connectivity index (χ3n) is 5.78. The highest BCUT2D eigenvalue weighted by Gasteiger charge is 2.48. The van der Waals surface area contributed by atoms with Crippen LogP contribution in [0.3, 0.4) is 0 Å². The van der Waals surface area contributed by atoms with Gasteiger partial charge in [0, 0.05) is 10.4 Å². The summed E-state index contributed by atoms with van der Waals surface area (Å²) in [7, 11) is 0. The molecule has 0 bridgehead atoms. The van der Waals surface area contributed by atoms with Crippen LogP contribution in [0.15, 0.2) is 65.6 Å². The van der Waals surface area contributed by atoms with Crippen LogP contribution >= 0.6 is 22.7 Å². The molecule has 2 N–H and O–H groups in total. The van der Waals surface area contributed by atoms with Crippen molar-refractivity contribution >= 4 is 61.4 Å². The van der Waals surface area contributed by atoms with Gasteiger partial charge >= 0.3 is 11.9 Å². The standard InChI is InChI=1S/C27H22N2O6S2/c1-14(2)13-35-17-6-3-5-15(11-17)23(30)21-22(19-7-4-10-36-19)29(25(32)24(21)31)27-28-18-9-8-16(26(33)34)12-20(18)37-27/h3-12,14,22,30H,13H2,1-2H3,(H,33,34)/b23-21+. The van der Waals surface area contributed by atoms with Crippen LogP contribution < -0.4 is 9.64 Å². The van der Waals surface area contributed by atoms with E-state index in [-0.39, 0.29) is 22.0 Å². The lowest BCUT2D eigenvalue weighted by Gasteiger charge is -2.21. The number of amides is 1. The molecule has 10 heteroatoms. The van der Waals surface area contributed by atoms with Crippen LogP contribution in [0.4, 0.5) is 5.13 Å². The normalized spacial score (nSPS) is 17.2. The van der Waals surface area contributed by atoms with E-state index in [4.69, 9.17) is 4.74 Å². The molecule has 1 saturated heterocycles. The highest BCUT2D eigenvalue weighted by atomic mass is 32.1. The van der Waals surface area contributed by atoms with E-state index in [1.165, 1.54) is 28.4 Å². The summed E-state index contributed by atoms with van der Waals surface area (Å²) in [6, 6.07) is 14.0. The number of fused-ring (bicyclic) bond motifs is 1. The number of ether oxygens (including phenoxy) is 1. The molecule has 1 aliphatic rings. The number of hydrogen-bond acceptors (Lipinski definition) is 8. The Balaban J connectivity index is 1.62. The number of aromatic nitrogens is 1. The minimum atomic E-state index is -1.07. The van der Waals surface area contributed by atoms with E-state index in [1.807, 2.05) is 19.2 Å². The van der Waals surface area contributed by atoms with Gasteiger partial charge in [0.05, 0.1) is 28.0 Å². The number of carbonyl (C=O) groups is 3. The number of benzene rings is 2. The smallest absolute Gasteiger partial charge is 0.335 e. The molecule has 5 rings (SSSR count). The van der Waals surface area contributed by atoms with Crippen molar-refractivity contribution in [1.82, 2.24) is 4.98 Å². The zero-order valence-electron chi connectivity index (χ0n) is 19.9. The summed E-state index contributed by atoms with van der Waals surface area (Å²) >= 11 is 2.46. The maximum Gasteiger partial charge on any atom is 0.335 e. The van der Waals surface area contributed by atoms with E-state index in [0.29, 0.717) is 38.9 Å². The lowest BCUT2D eigenvalue weighted by atomic mass is 10.00. The summed E-state index contributed by atoms with van der Waals surface area (Å²) in [4.78, 5) is 44.5. The molecule has 2 aromatic carbocycles. The van der Waals surface area contributed by atoms with Gasteiger partial charge in [-0.3, -0.25) is 14.5 Å².